The summed E-state index contributed by atoms with van der Waals surface area (Å²) in [5.74, 6) is 0. The third kappa shape index (κ3) is 5.05. The molecule has 1 saturated heterocycles. The van der Waals surface area contributed by atoms with Gasteiger partial charge in [0.25, 0.3) is 0 Å². The lowest BCUT2D eigenvalue weighted by molar-refractivity contribution is -0.245. The zero-order valence-corrected chi connectivity index (χ0v) is 15.1. The van der Waals surface area contributed by atoms with E-state index in [0.717, 1.165) is 30.3 Å². The van der Waals surface area contributed by atoms with Gasteiger partial charge in [0.1, 0.15) is 0 Å². The Morgan fingerprint density at radius 1 is 1.20 bits per heavy atom. The van der Waals surface area contributed by atoms with Crippen LogP contribution in [0.5, 0.6) is 0 Å². The van der Waals surface area contributed by atoms with Crippen molar-refractivity contribution in [2.75, 3.05) is 5.33 Å². The zero-order valence-electron chi connectivity index (χ0n) is 13.5. The maximum atomic E-state index is 10.3. The maximum absolute atomic E-state index is 10.3. The van der Waals surface area contributed by atoms with Crippen molar-refractivity contribution in [2.45, 2.75) is 83.3 Å². The van der Waals surface area contributed by atoms with Gasteiger partial charge in [0.05, 0.1) is 0 Å². The van der Waals surface area contributed by atoms with Crippen LogP contribution in [0.15, 0.2) is 12.3 Å². The highest BCUT2D eigenvalue weighted by molar-refractivity contribution is 9.09. The molecule has 1 aliphatic heterocycles. The average molecular weight is 347 g/mol. The fourth-order valence-corrected chi connectivity index (χ4v) is 3.74. The fourth-order valence-electron chi connectivity index (χ4n) is 3.34. The Labute approximate surface area is 132 Å². The second kappa shape index (κ2) is 7.28. The molecule has 0 radical (unpaired) electrons. The molecule has 0 aromatic rings. The van der Waals surface area contributed by atoms with Gasteiger partial charge in [-0.25, -0.2) is 0 Å². The summed E-state index contributed by atoms with van der Waals surface area (Å²) in [7, 11) is 0. The van der Waals surface area contributed by atoms with Gasteiger partial charge in [0, 0.05) is 28.1 Å². The van der Waals surface area contributed by atoms with Gasteiger partial charge in [-0.15, -0.1) is 0 Å². The third-order valence-electron chi connectivity index (χ3n) is 4.16. The van der Waals surface area contributed by atoms with Gasteiger partial charge in [-0.2, -0.15) is 5.06 Å². The number of hydrogen-bond donors (Lipinski definition) is 2. The molecule has 0 unspecified atom stereocenters. The Balaban J connectivity index is 2.46. The van der Waals surface area contributed by atoms with Crippen LogP contribution in [0.3, 0.4) is 0 Å². The number of piperidine rings is 1. The number of nitrogens with zero attached hydrogens (tertiary/aromatic N) is 1. The van der Waals surface area contributed by atoms with E-state index in [1.165, 1.54) is 24.3 Å². The van der Waals surface area contributed by atoms with E-state index in [9.17, 15) is 5.21 Å². The van der Waals surface area contributed by atoms with Gasteiger partial charge in [-0.3, -0.25) is 0 Å². The normalized spacial score (nSPS) is 22.7. The van der Waals surface area contributed by atoms with Crippen LogP contribution < -0.4 is 5.32 Å². The second-order valence-corrected chi connectivity index (χ2v) is 8.08. The van der Waals surface area contributed by atoms with Crippen molar-refractivity contribution >= 4 is 15.9 Å². The molecular weight excluding hydrogens is 316 g/mol. The molecular formula is C16H31BrN2O. The first kappa shape index (κ1) is 18.0. The number of alkyl halides is 1. The van der Waals surface area contributed by atoms with Gasteiger partial charge in [-0.1, -0.05) is 28.9 Å². The van der Waals surface area contributed by atoms with Gasteiger partial charge in [0.15, 0.2) is 0 Å². The first-order valence-electron chi connectivity index (χ1n) is 7.68. The maximum Gasteiger partial charge on any atom is 0.0429 e. The first-order chi connectivity index (χ1) is 9.19. The van der Waals surface area contributed by atoms with E-state index in [-0.39, 0.29) is 11.1 Å². The van der Waals surface area contributed by atoms with Crippen molar-refractivity contribution in [1.29, 1.82) is 0 Å². The lowest BCUT2D eigenvalue weighted by Gasteiger charge is -2.51. The van der Waals surface area contributed by atoms with Crippen LogP contribution in [0, 0.1) is 0 Å². The van der Waals surface area contributed by atoms with E-state index < -0.39 is 0 Å². The van der Waals surface area contributed by atoms with E-state index in [1.54, 1.807) is 0 Å². The van der Waals surface area contributed by atoms with Crippen LogP contribution in [0.2, 0.25) is 0 Å². The molecule has 1 rings (SSSR count). The molecule has 0 saturated carbocycles. The van der Waals surface area contributed by atoms with E-state index in [4.69, 9.17) is 0 Å². The summed E-state index contributed by atoms with van der Waals surface area (Å²) in [4.78, 5) is 0. The standard InChI is InChI=1S/C16H31BrN2O/c1-13(9-7-6-8-10-17)18-14-11-15(2,3)19(20)16(4,5)12-14/h14,18,20H,1,6-12H2,2-5H3. The van der Waals surface area contributed by atoms with Gasteiger partial charge >= 0.3 is 0 Å². The van der Waals surface area contributed by atoms with Crippen molar-refractivity contribution in [1.82, 2.24) is 10.4 Å². The molecule has 0 aromatic carbocycles. The van der Waals surface area contributed by atoms with Crippen LogP contribution in [0.4, 0.5) is 0 Å². The van der Waals surface area contributed by atoms with Crippen molar-refractivity contribution < 1.29 is 5.21 Å². The van der Waals surface area contributed by atoms with Crippen molar-refractivity contribution in [2.24, 2.45) is 0 Å². The Hall–Kier alpha value is -0.0600. The summed E-state index contributed by atoms with van der Waals surface area (Å²) < 4.78 is 0. The summed E-state index contributed by atoms with van der Waals surface area (Å²) in [5.41, 5.74) is 0.744. The number of rotatable bonds is 7. The van der Waals surface area contributed by atoms with Crippen LogP contribution in [0.1, 0.15) is 66.2 Å². The molecule has 118 valence electrons. The first-order valence-corrected chi connectivity index (χ1v) is 8.81. The largest absolute Gasteiger partial charge is 0.386 e. The molecule has 1 heterocycles. The summed E-state index contributed by atoms with van der Waals surface area (Å²) in [6.07, 6.45) is 6.60. The number of hydrogen-bond acceptors (Lipinski definition) is 3. The molecule has 0 atom stereocenters. The molecule has 1 aliphatic rings. The minimum absolute atomic E-state index is 0.199. The molecule has 0 aromatic heterocycles. The lowest BCUT2D eigenvalue weighted by atomic mass is 9.79. The Morgan fingerprint density at radius 3 is 2.25 bits per heavy atom. The van der Waals surface area contributed by atoms with Gasteiger partial charge < -0.3 is 10.5 Å². The van der Waals surface area contributed by atoms with E-state index in [2.05, 4.69) is 55.5 Å². The predicted octanol–water partition coefficient (Wildman–Crippen LogP) is 4.46. The Bertz CT molecular complexity index is 310. The highest BCUT2D eigenvalue weighted by atomic mass is 79.9. The van der Waals surface area contributed by atoms with E-state index >= 15 is 0 Å². The number of halogens is 1. The molecule has 0 amide bonds. The number of allylic oxidation sites excluding steroid dienone is 1. The molecule has 20 heavy (non-hydrogen) atoms. The topological polar surface area (TPSA) is 35.5 Å². The minimum Gasteiger partial charge on any atom is -0.386 e. The molecule has 3 nitrogen and oxygen atoms in total. The summed E-state index contributed by atoms with van der Waals surface area (Å²) >= 11 is 3.46. The smallest absolute Gasteiger partial charge is 0.0429 e. The highest BCUT2D eigenvalue weighted by Gasteiger charge is 2.44. The quantitative estimate of drug-likeness (QED) is 0.527. The molecule has 1 fully saturated rings. The predicted molar refractivity (Wildman–Crippen MR) is 89.3 cm³/mol. The van der Waals surface area contributed by atoms with Gasteiger partial charge in [0.2, 0.25) is 0 Å². The Morgan fingerprint density at radius 2 is 1.75 bits per heavy atom. The minimum atomic E-state index is -0.199. The zero-order chi connectivity index (χ0) is 15.4. The molecule has 0 aliphatic carbocycles. The molecule has 0 spiro atoms. The highest BCUT2D eigenvalue weighted by Crippen LogP contribution is 2.36. The van der Waals surface area contributed by atoms with E-state index in [1.807, 2.05) is 0 Å². The summed E-state index contributed by atoms with van der Waals surface area (Å²) in [6.45, 7) is 12.6. The average Bonchev–Trinajstić information content (AvgIpc) is 2.31. The fraction of sp³-hybridized carbons (Fsp3) is 0.875. The van der Waals surface area contributed by atoms with Crippen LogP contribution in [-0.4, -0.2) is 32.7 Å². The number of nitrogens with one attached hydrogen (secondary N) is 1. The van der Waals surface area contributed by atoms with Crippen molar-refractivity contribution in [3.63, 3.8) is 0 Å². The van der Waals surface area contributed by atoms with Gasteiger partial charge in [-0.05, 0) is 59.8 Å². The summed E-state index contributed by atoms with van der Waals surface area (Å²) in [6, 6.07) is 0.395. The number of unbranched alkanes of at least 4 members (excludes halogenated alkanes) is 2. The summed E-state index contributed by atoms with van der Waals surface area (Å²) in [5, 5.41) is 16.5. The van der Waals surface area contributed by atoms with Crippen LogP contribution in [-0.2, 0) is 0 Å². The number of hydroxylamine groups is 2. The molecule has 2 N–H and O–H groups in total. The molecule has 0 bridgehead atoms. The molecule has 4 heteroatoms. The Kier molecular flexibility index (Phi) is 6.55. The lowest BCUT2D eigenvalue weighted by Crippen LogP contribution is -2.62. The third-order valence-corrected chi connectivity index (χ3v) is 4.72. The monoisotopic (exact) mass is 346 g/mol. The second-order valence-electron chi connectivity index (χ2n) is 7.29. The SMILES string of the molecule is C=C(CCCCCBr)NC1CC(C)(C)N(O)C(C)(C)C1. The van der Waals surface area contributed by atoms with Crippen molar-refractivity contribution in [3.05, 3.63) is 12.3 Å². The van der Waals surface area contributed by atoms with E-state index in [0.29, 0.717) is 6.04 Å². The van der Waals surface area contributed by atoms with Crippen LogP contribution >= 0.6 is 15.9 Å². The van der Waals surface area contributed by atoms with Crippen molar-refractivity contribution in [3.8, 4) is 0 Å². The van der Waals surface area contributed by atoms with Crippen LogP contribution in [0.25, 0.3) is 0 Å².